The maximum absolute atomic E-state index is 12.9. The number of nitrogens with zero attached hydrogens (tertiary/aromatic N) is 1. The van der Waals surface area contributed by atoms with Crippen molar-refractivity contribution in [1.82, 2.24) is 0 Å². The number of thioether (sulfide) groups is 1. The summed E-state index contributed by atoms with van der Waals surface area (Å²) in [6.45, 7) is 1.50. The highest BCUT2D eigenvalue weighted by atomic mass is 32.2. The fourth-order valence-electron chi connectivity index (χ4n) is 2.70. The Morgan fingerprint density at radius 1 is 1.11 bits per heavy atom. The molecule has 1 fully saturated rings. The summed E-state index contributed by atoms with van der Waals surface area (Å²) >= 11 is 6.61. The van der Waals surface area contributed by atoms with E-state index in [1.807, 2.05) is 12.1 Å². The van der Waals surface area contributed by atoms with Crippen molar-refractivity contribution < 1.29 is 19.1 Å². The number of ketones is 1. The summed E-state index contributed by atoms with van der Waals surface area (Å²) in [6.07, 6.45) is 1.74. The van der Waals surface area contributed by atoms with Crippen LogP contribution in [0.5, 0.6) is 11.5 Å². The van der Waals surface area contributed by atoms with Crippen molar-refractivity contribution in [1.29, 1.82) is 0 Å². The highest BCUT2D eigenvalue weighted by Gasteiger charge is 2.33. The lowest BCUT2D eigenvalue weighted by atomic mass is 10.1. The highest BCUT2D eigenvalue weighted by Crippen LogP contribution is 2.39. The molecule has 5 nitrogen and oxygen atoms in total. The number of thiocarbonyl (C=S) groups is 1. The number of carbonyl (C=O) groups excluding carboxylic acids is 2. The molecule has 1 aliphatic heterocycles. The lowest BCUT2D eigenvalue weighted by Crippen LogP contribution is -2.27. The van der Waals surface area contributed by atoms with Crippen molar-refractivity contribution in [3.63, 3.8) is 0 Å². The van der Waals surface area contributed by atoms with Crippen molar-refractivity contribution in [2.24, 2.45) is 0 Å². The zero-order valence-electron chi connectivity index (χ0n) is 15.0. The molecular weight excluding hydrogens is 382 g/mol. The normalized spacial score (nSPS) is 15.4. The number of amides is 1. The van der Waals surface area contributed by atoms with E-state index in [4.69, 9.17) is 21.7 Å². The third kappa shape index (κ3) is 3.74. The molecule has 0 saturated carbocycles. The number of hydrogen-bond acceptors (Lipinski definition) is 6. The summed E-state index contributed by atoms with van der Waals surface area (Å²) in [5.41, 5.74) is 1.94. The Bertz CT molecular complexity index is 951. The molecule has 138 valence electrons. The molecule has 1 aliphatic rings. The molecule has 7 heteroatoms. The first kappa shape index (κ1) is 19.1. The van der Waals surface area contributed by atoms with Gasteiger partial charge in [0.2, 0.25) is 0 Å². The molecule has 27 heavy (non-hydrogen) atoms. The van der Waals surface area contributed by atoms with Gasteiger partial charge in [-0.2, -0.15) is 0 Å². The number of Topliss-reactive ketones (excluding diaryl/α,β-unsaturated/α-hetero) is 1. The maximum atomic E-state index is 12.9. The Morgan fingerprint density at radius 2 is 1.81 bits per heavy atom. The number of hydrogen-bond donors (Lipinski definition) is 0. The van der Waals surface area contributed by atoms with Gasteiger partial charge in [0, 0.05) is 11.1 Å². The van der Waals surface area contributed by atoms with Crippen LogP contribution in [0.2, 0.25) is 0 Å². The minimum Gasteiger partial charge on any atom is -0.493 e. The predicted octanol–water partition coefficient (Wildman–Crippen LogP) is 4.31. The molecule has 0 bridgehead atoms. The number of para-hydroxylation sites is 1. The Kier molecular flexibility index (Phi) is 5.62. The molecule has 1 heterocycles. The third-order valence-electron chi connectivity index (χ3n) is 4.05. The molecule has 1 amide bonds. The van der Waals surface area contributed by atoms with Crippen LogP contribution in [0.4, 0.5) is 5.69 Å². The number of ether oxygens (including phenoxy) is 2. The number of rotatable bonds is 5. The van der Waals surface area contributed by atoms with Gasteiger partial charge in [-0.05, 0) is 43.3 Å². The summed E-state index contributed by atoms with van der Waals surface area (Å²) in [5, 5.41) is 0. The van der Waals surface area contributed by atoms with Gasteiger partial charge in [0.1, 0.15) is 0 Å². The van der Waals surface area contributed by atoms with Gasteiger partial charge in [-0.15, -0.1) is 0 Å². The molecule has 3 rings (SSSR count). The van der Waals surface area contributed by atoms with E-state index in [0.717, 1.165) is 5.56 Å². The molecule has 0 spiro atoms. The number of benzene rings is 2. The van der Waals surface area contributed by atoms with Gasteiger partial charge < -0.3 is 9.47 Å². The standard InChI is InChI=1S/C20H17NO4S2/c1-12(22)13-7-9-15(10-8-13)21-19(23)17(27-20(21)26)11-14-5-4-6-16(24-2)18(14)25-3/h4-11H,1-3H3/b17-11-. The van der Waals surface area contributed by atoms with E-state index in [2.05, 4.69) is 0 Å². The summed E-state index contributed by atoms with van der Waals surface area (Å²) in [4.78, 5) is 26.3. The fraction of sp³-hybridized carbons (Fsp3) is 0.150. The fourth-order valence-corrected chi connectivity index (χ4v) is 3.99. The topological polar surface area (TPSA) is 55.8 Å². The van der Waals surface area contributed by atoms with Crippen LogP contribution < -0.4 is 14.4 Å². The third-order valence-corrected chi connectivity index (χ3v) is 5.35. The van der Waals surface area contributed by atoms with Gasteiger partial charge in [0.15, 0.2) is 21.6 Å². The van der Waals surface area contributed by atoms with E-state index >= 15 is 0 Å². The molecule has 0 aromatic heterocycles. The lowest BCUT2D eigenvalue weighted by molar-refractivity contribution is -0.113. The molecule has 0 unspecified atom stereocenters. The summed E-state index contributed by atoms with van der Waals surface area (Å²) in [5.74, 6) is 0.889. The van der Waals surface area contributed by atoms with E-state index in [0.29, 0.717) is 32.0 Å². The average molecular weight is 399 g/mol. The smallest absolute Gasteiger partial charge is 0.270 e. The van der Waals surface area contributed by atoms with Gasteiger partial charge in [-0.1, -0.05) is 36.1 Å². The highest BCUT2D eigenvalue weighted by molar-refractivity contribution is 8.27. The van der Waals surface area contributed by atoms with E-state index in [1.54, 1.807) is 50.6 Å². The largest absolute Gasteiger partial charge is 0.493 e. The molecule has 1 saturated heterocycles. The van der Waals surface area contributed by atoms with Gasteiger partial charge in [0.25, 0.3) is 5.91 Å². The van der Waals surface area contributed by atoms with Crippen molar-refractivity contribution in [2.45, 2.75) is 6.92 Å². The van der Waals surface area contributed by atoms with Crippen molar-refractivity contribution in [3.8, 4) is 11.5 Å². The lowest BCUT2D eigenvalue weighted by Gasteiger charge is -2.14. The molecule has 0 aliphatic carbocycles. The second-order valence-corrected chi connectivity index (χ2v) is 7.38. The monoisotopic (exact) mass is 399 g/mol. The second kappa shape index (κ2) is 7.94. The van der Waals surface area contributed by atoms with Crippen LogP contribution in [0.1, 0.15) is 22.8 Å². The van der Waals surface area contributed by atoms with Crippen LogP contribution in [0.15, 0.2) is 47.4 Å². The van der Waals surface area contributed by atoms with Gasteiger partial charge >= 0.3 is 0 Å². The minimum atomic E-state index is -0.217. The quantitative estimate of drug-likeness (QED) is 0.424. The first-order valence-electron chi connectivity index (χ1n) is 8.06. The first-order chi connectivity index (χ1) is 13.0. The van der Waals surface area contributed by atoms with Crippen LogP contribution in [-0.2, 0) is 4.79 Å². The van der Waals surface area contributed by atoms with Crippen LogP contribution in [0.3, 0.4) is 0 Å². The average Bonchev–Trinajstić information content (AvgIpc) is 2.94. The zero-order valence-corrected chi connectivity index (χ0v) is 16.6. The van der Waals surface area contributed by atoms with Crippen LogP contribution in [-0.4, -0.2) is 30.2 Å². The Hall–Kier alpha value is -2.64. The zero-order chi connectivity index (χ0) is 19.6. The number of methoxy groups -OCH3 is 2. The minimum absolute atomic E-state index is 0.0306. The molecule has 0 radical (unpaired) electrons. The molecular formula is C20H17NO4S2. The van der Waals surface area contributed by atoms with E-state index < -0.39 is 0 Å². The second-order valence-electron chi connectivity index (χ2n) is 5.70. The molecule has 2 aromatic rings. The van der Waals surface area contributed by atoms with E-state index in [9.17, 15) is 9.59 Å². The SMILES string of the molecule is COc1cccc(/C=C2\SC(=S)N(c3ccc(C(C)=O)cc3)C2=O)c1OC. The number of carbonyl (C=O) groups is 2. The molecule has 0 N–H and O–H groups in total. The van der Waals surface area contributed by atoms with Crippen LogP contribution in [0, 0.1) is 0 Å². The van der Waals surface area contributed by atoms with Gasteiger partial charge in [0.05, 0.1) is 24.8 Å². The van der Waals surface area contributed by atoms with Gasteiger partial charge in [-0.25, -0.2) is 0 Å². The van der Waals surface area contributed by atoms with Crippen molar-refractivity contribution in [3.05, 3.63) is 58.5 Å². The number of anilines is 1. The van der Waals surface area contributed by atoms with E-state index in [-0.39, 0.29) is 11.7 Å². The maximum Gasteiger partial charge on any atom is 0.270 e. The van der Waals surface area contributed by atoms with Crippen molar-refractivity contribution in [2.75, 3.05) is 19.1 Å². The summed E-state index contributed by atoms with van der Waals surface area (Å²) in [6, 6.07) is 12.3. The van der Waals surface area contributed by atoms with E-state index in [1.165, 1.54) is 23.6 Å². The summed E-state index contributed by atoms with van der Waals surface area (Å²) < 4.78 is 11.2. The Labute approximate surface area is 167 Å². The predicted molar refractivity (Wildman–Crippen MR) is 112 cm³/mol. The van der Waals surface area contributed by atoms with Crippen LogP contribution in [0.25, 0.3) is 6.08 Å². The molecule has 0 atom stereocenters. The van der Waals surface area contributed by atoms with Crippen molar-refractivity contribution >= 4 is 51.8 Å². The van der Waals surface area contributed by atoms with Gasteiger partial charge in [-0.3, -0.25) is 14.5 Å². The Morgan fingerprint density at radius 3 is 2.41 bits per heavy atom. The summed E-state index contributed by atoms with van der Waals surface area (Å²) in [7, 11) is 3.11. The molecule has 2 aromatic carbocycles. The Balaban J connectivity index is 1.95. The van der Waals surface area contributed by atoms with Crippen LogP contribution >= 0.6 is 24.0 Å². The first-order valence-corrected chi connectivity index (χ1v) is 9.28.